The van der Waals surface area contributed by atoms with Crippen molar-refractivity contribution in [1.82, 2.24) is 10.6 Å². The van der Waals surface area contributed by atoms with Gasteiger partial charge in [-0.05, 0) is 12.0 Å². The fourth-order valence-corrected chi connectivity index (χ4v) is 1.95. The molecule has 1 unspecified atom stereocenters. The van der Waals surface area contributed by atoms with Gasteiger partial charge in [0.05, 0.1) is 6.04 Å². The summed E-state index contributed by atoms with van der Waals surface area (Å²) < 4.78 is 0. The number of nitrogens with zero attached hydrogens (tertiary/aromatic N) is 1. The van der Waals surface area contributed by atoms with Crippen molar-refractivity contribution >= 4 is 17.6 Å². The topological polar surface area (TPSA) is 77.3 Å². The van der Waals surface area contributed by atoms with Crippen molar-refractivity contribution in [2.75, 3.05) is 7.05 Å². The van der Waals surface area contributed by atoms with Crippen molar-refractivity contribution in [3.8, 4) is 0 Å². The normalized spacial score (nSPS) is 20.5. The van der Waals surface area contributed by atoms with E-state index >= 15 is 0 Å². The second-order valence-electron chi connectivity index (χ2n) is 4.13. The molecular weight excluding hydrogens is 228 g/mol. The predicted octanol–water partition coefficient (Wildman–Crippen LogP) is 1.23. The lowest BCUT2D eigenvalue weighted by molar-refractivity contribution is -0.114. The number of rotatable bonds is 1. The molecule has 1 aliphatic heterocycles. The third-order valence-electron chi connectivity index (χ3n) is 2.90. The van der Waals surface area contributed by atoms with Gasteiger partial charge in [0.25, 0.3) is 5.91 Å². The number of benzene rings is 1. The highest BCUT2D eigenvalue weighted by atomic mass is 16.2. The van der Waals surface area contributed by atoms with E-state index in [2.05, 4.69) is 27.8 Å². The Hall–Kier alpha value is -2.17. The van der Waals surface area contributed by atoms with E-state index in [-0.39, 0.29) is 11.9 Å². The van der Waals surface area contributed by atoms with Crippen LogP contribution in [0.5, 0.6) is 0 Å². The molecule has 18 heavy (non-hydrogen) atoms. The van der Waals surface area contributed by atoms with Gasteiger partial charge >= 0.3 is 0 Å². The Morgan fingerprint density at radius 1 is 1.44 bits per heavy atom. The standard InChI is InChI=1S/C13H16N4O/c1-15-13(18)12(14)17-11-8-7-10(16-11)9-5-3-2-4-6-9/h2-6,10H,7-8H2,1H3,(H,15,18)(H2,14,16,17). The zero-order chi connectivity index (χ0) is 13.0. The van der Waals surface area contributed by atoms with Crippen LogP contribution in [0.2, 0.25) is 0 Å². The lowest BCUT2D eigenvalue weighted by atomic mass is 10.1. The van der Waals surface area contributed by atoms with Gasteiger partial charge < -0.3 is 10.6 Å². The van der Waals surface area contributed by atoms with E-state index in [1.165, 1.54) is 12.6 Å². The van der Waals surface area contributed by atoms with E-state index < -0.39 is 5.91 Å². The summed E-state index contributed by atoms with van der Waals surface area (Å²) in [6, 6.07) is 10.3. The molecule has 1 aromatic rings. The maximum Gasteiger partial charge on any atom is 0.288 e. The molecule has 94 valence electrons. The van der Waals surface area contributed by atoms with Crippen molar-refractivity contribution in [3.05, 3.63) is 35.9 Å². The quantitative estimate of drug-likeness (QED) is 0.513. The lowest BCUT2D eigenvalue weighted by Gasteiger charge is -2.10. The molecule has 2 rings (SSSR count). The Balaban J connectivity index is 2.03. The number of carbonyl (C=O) groups excluding carboxylic acids is 1. The molecule has 0 radical (unpaired) electrons. The molecule has 1 heterocycles. The first-order valence-electron chi connectivity index (χ1n) is 5.90. The fraction of sp³-hybridized carbons (Fsp3) is 0.308. The zero-order valence-corrected chi connectivity index (χ0v) is 10.2. The summed E-state index contributed by atoms with van der Waals surface area (Å²) in [4.78, 5) is 15.2. The third kappa shape index (κ3) is 2.74. The van der Waals surface area contributed by atoms with Crippen LogP contribution in [-0.4, -0.2) is 24.6 Å². The SMILES string of the molecule is CNC(=O)C(=N)/N=C1/CCC(c2ccccc2)N1. The van der Waals surface area contributed by atoms with Crippen LogP contribution < -0.4 is 10.6 Å². The van der Waals surface area contributed by atoms with Crippen LogP contribution in [-0.2, 0) is 4.79 Å². The molecule has 0 saturated carbocycles. The molecule has 1 fully saturated rings. The summed E-state index contributed by atoms with van der Waals surface area (Å²) in [6.45, 7) is 0. The molecule has 5 heteroatoms. The van der Waals surface area contributed by atoms with Crippen molar-refractivity contribution < 1.29 is 4.79 Å². The number of nitrogens with one attached hydrogen (secondary N) is 3. The van der Waals surface area contributed by atoms with Crippen LogP contribution >= 0.6 is 0 Å². The average molecular weight is 244 g/mol. The molecule has 5 nitrogen and oxygen atoms in total. The first kappa shape index (κ1) is 12.3. The summed E-state index contributed by atoms with van der Waals surface area (Å²) in [7, 11) is 1.49. The van der Waals surface area contributed by atoms with E-state index in [0.29, 0.717) is 5.84 Å². The number of hydrogen-bond acceptors (Lipinski definition) is 2. The summed E-state index contributed by atoms with van der Waals surface area (Å²) >= 11 is 0. The minimum atomic E-state index is -0.465. The molecule has 0 aliphatic carbocycles. The third-order valence-corrected chi connectivity index (χ3v) is 2.90. The average Bonchev–Trinajstić information content (AvgIpc) is 2.87. The Labute approximate surface area is 106 Å². The minimum Gasteiger partial charge on any atom is -0.367 e. The van der Waals surface area contributed by atoms with Crippen LogP contribution in [0.25, 0.3) is 0 Å². The summed E-state index contributed by atoms with van der Waals surface area (Å²) in [5, 5.41) is 13.1. The number of hydrogen-bond donors (Lipinski definition) is 3. The number of likely N-dealkylation sites (N-methyl/N-ethyl adjacent to an activating group) is 1. The second-order valence-corrected chi connectivity index (χ2v) is 4.13. The molecule has 3 N–H and O–H groups in total. The van der Waals surface area contributed by atoms with Gasteiger partial charge in [0, 0.05) is 13.5 Å². The number of aliphatic imine (C=N–C) groups is 1. The van der Waals surface area contributed by atoms with Gasteiger partial charge in [0.1, 0.15) is 5.84 Å². The van der Waals surface area contributed by atoms with Crippen LogP contribution in [0.15, 0.2) is 35.3 Å². The van der Waals surface area contributed by atoms with Gasteiger partial charge in [0.2, 0.25) is 5.84 Å². The van der Waals surface area contributed by atoms with E-state index in [9.17, 15) is 4.79 Å². The lowest BCUT2D eigenvalue weighted by Crippen LogP contribution is -2.28. The van der Waals surface area contributed by atoms with Gasteiger partial charge in [-0.15, -0.1) is 0 Å². The van der Waals surface area contributed by atoms with Gasteiger partial charge in [-0.1, -0.05) is 30.3 Å². The predicted molar refractivity (Wildman–Crippen MR) is 70.8 cm³/mol. The molecule has 1 aromatic carbocycles. The van der Waals surface area contributed by atoms with E-state index in [0.717, 1.165) is 12.8 Å². The van der Waals surface area contributed by atoms with Crippen LogP contribution in [0.3, 0.4) is 0 Å². The molecule has 1 atom stereocenters. The van der Waals surface area contributed by atoms with Crippen molar-refractivity contribution in [3.63, 3.8) is 0 Å². The Bertz CT molecular complexity index is 481. The Morgan fingerprint density at radius 2 is 2.17 bits per heavy atom. The van der Waals surface area contributed by atoms with Gasteiger partial charge in [0.15, 0.2) is 0 Å². The van der Waals surface area contributed by atoms with Crippen molar-refractivity contribution in [2.45, 2.75) is 18.9 Å². The number of amides is 1. The first-order chi connectivity index (χ1) is 8.70. The molecule has 1 saturated heterocycles. The highest BCUT2D eigenvalue weighted by Gasteiger charge is 2.21. The highest BCUT2D eigenvalue weighted by Crippen LogP contribution is 2.23. The zero-order valence-electron chi connectivity index (χ0n) is 10.2. The van der Waals surface area contributed by atoms with Gasteiger partial charge in [-0.25, -0.2) is 4.99 Å². The number of amidine groups is 2. The maximum atomic E-state index is 11.2. The summed E-state index contributed by atoms with van der Waals surface area (Å²) in [5.74, 6) is -0.0152. The molecule has 0 spiro atoms. The maximum absolute atomic E-state index is 11.2. The van der Waals surface area contributed by atoms with E-state index in [1.807, 2.05) is 18.2 Å². The van der Waals surface area contributed by atoms with Gasteiger partial charge in [-0.3, -0.25) is 10.2 Å². The second kappa shape index (κ2) is 5.44. The van der Waals surface area contributed by atoms with Crippen LogP contribution in [0.4, 0.5) is 0 Å². The van der Waals surface area contributed by atoms with Crippen LogP contribution in [0, 0.1) is 5.41 Å². The number of carbonyl (C=O) groups is 1. The Morgan fingerprint density at radius 3 is 2.83 bits per heavy atom. The van der Waals surface area contributed by atoms with Crippen LogP contribution in [0.1, 0.15) is 24.4 Å². The molecular formula is C13H16N4O. The molecule has 0 aromatic heterocycles. The monoisotopic (exact) mass is 244 g/mol. The minimum absolute atomic E-state index is 0.224. The molecule has 0 bridgehead atoms. The summed E-state index contributed by atoms with van der Waals surface area (Å²) in [6.07, 6.45) is 1.70. The molecule has 1 aliphatic rings. The Kier molecular flexibility index (Phi) is 3.72. The van der Waals surface area contributed by atoms with E-state index in [4.69, 9.17) is 5.41 Å². The largest absolute Gasteiger partial charge is 0.367 e. The van der Waals surface area contributed by atoms with Gasteiger partial charge in [-0.2, -0.15) is 0 Å². The van der Waals surface area contributed by atoms with E-state index in [1.54, 1.807) is 0 Å². The smallest absolute Gasteiger partial charge is 0.288 e. The summed E-state index contributed by atoms with van der Waals surface area (Å²) in [5.41, 5.74) is 1.20. The highest BCUT2D eigenvalue weighted by molar-refractivity contribution is 6.38. The fourth-order valence-electron chi connectivity index (χ4n) is 1.95. The molecule has 1 amide bonds. The van der Waals surface area contributed by atoms with Crippen molar-refractivity contribution in [2.24, 2.45) is 4.99 Å². The van der Waals surface area contributed by atoms with Crippen molar-refractivity contribution in [1.29, 1.82) is 5.41 Å². The first-order valence-corrected chi connectivity index (χ1v) is 5.90.